The fourth-order valence-electron chi connectivity index (χ4n) is 1.78. The lowest BCUT2D eigenvalue weighted by atomic mass is 10.1. The summed E-state index contributed by atoms with van der Waals surface area (Å²) in [6.07, 6.45) is 0.899. The molecule has 0 aromatic carbocycles. The third-order valence-electron chi connectivity index (χ3n) is 3.23. The number of rotatable bonds is 4. The first-order valence-electron chi connectivity index (χ1n) is 5.89. The third kappa shape index (κ3) is 3.58. The van der Waals surface area contributed by atoms with Crippen LogP contribution in [0.3, 0.4) is 0 Å². The Hall–Kier alpha value is -1.34. The van der Waals surface area contributed by atoms with Gasteiger partial charge in [-0.15, -0.1) is 0 Å². The lowest BCUT2D eigenvalue weighted by molar-refractivity contribution is -0.155. The van der Waals surface area contributed by atoms with Gasteiger partial charge in [0, 0.05) is 19.1 Å². The van der Waals surface area contributed by atoms with Crippen molar-refractivity contribution in [3.63, 3.8) is 0 Å². The first kappa shape index (κ1) is 14.7. The van der Waals surface area contributed by atoms with E-state index in [0.717, 1.165) is 13.3 Å². The summed E-state index contributed by atoms with van der Waals surface area (Å²) in [4.78, 5) is 26.1. The molecule has 2 atom stereocenters. The Bertz CT molecular complexity index is 330. The maximum absolute atomic E-state index is 11.8. The van der Waals surface area contributed by atoms with Gasteiger partial charge in [-0.3, -0.25) is 0 Å². The summed E-state index contributed by atoms with van der Waals surface area (Å²) in [6, 6.07) is -0.00314. The largest absolute Gasteiger partial charge is 0.479 e. The van der Waals surface area contributed by atoms with E-state index in [1.54, 1.807) is 4.90 Å². The quantitative estimate of drug-likeness (QED) is 0.612. The second-order valence-electron chi connectivity index (χ2n) is 5.09. The van der Waals surface area contributed by atoms with Crippen LogP contribution in [0.5, 0.6) is 0 Å². The smallest absolute Gasteiger partial charge is 0.337 e. The Labute approximate surface area is 106 Å². The number of nitrogens with one attached hydrogen (secondary N) is 1. The number of carboxylic acids is 1. The summed E-state index contributed by atoms with van der Waals surface area (Å²) in [7, 11) is 3.92. The molecule has 1 saturated heterocycles. The molecule has 7 heteroatoms. The SMILES string of the molecule is CN(C)C1CCN(C(=O)NCC(C)(O)C(=O)O)C1. The Balaban J connectivity index is 2.41. The minimum Gasteiger partial charge on any atom is -0.479 e. The van der Waals surface area contributed by atoms with Crippen LogP contribution in [0.1, 0.15) is 13.3 Å². The van der Waals surface area contributed by atoms with Crippen LogP contribution in [-0.2, 0) is 4.79 Å². The molecule has 0 aromatic heterocycles. The highest BCUT2D eigenvalue weighted by Gasteiger charge is 2.32. The van der Waals surface area contributed by atoms with Gasteiger partial charge in [-0.25, -0.2) is 9.59 Å². The molecule has 2 unspecified atom stereocenters. The number of hydrogen-bond acceptors (Lipinski definition) is 4. The van der Waals surface area contributed by atoms with E-state index in [-0.39, 0.29) is 12.6 Å². The summed E-state index contributed by atoms with van der Waals surface area (Å²) in [5.74, 6) is -1.35. The van der Waals surface area contributed by atoms with Crippen LogP contribution in [0.4, 0.5) is 4.79 Å². The highest BCUT2D eigenvalue weighted by atomic mass is 16.4. The molecule has 0 spiro atoms. The fourth-order valence-corrected chi connectivity index (χ4v) is 1.78. The van der Waals surface area contributed by atoms with Gasteiger partial charge in [-0.05, 0) is 27.4 Å². The zero-order chi connectivity index (χ0) is 13.9. The molecule has 1 fully saturated rings. The van der Waals surface area contributed by atoms with E-state index in [4.69, 9.17) is 5.11 Å². The van der Waals surface area contributed by atoms with Crippen molar-refractivity contribution in [1.29, 1.82) is 0 Å². The number of carboxylic acid groups (broad SMARTS) is 1. The molecular formula is C11H21N3O4. The second-order valence-corrected chi connectivity index (χ2v) is 5.09. The number of hydrogen-bond donors (Lipinski definition) is 3. The predicted molar refractivity (Wildman–Crippen MR) is 65.3 cm³/mol. The average Bonchev–Trinajstić information content (AvgIpc) is 2.75. The molecule has 0 radical (unpaired) electrons. The van der Waals surface area contributed by atoms with E-state index in [1.165, 1.54) is 0 Å². The predicted octanol–water partition coefficient (Wildman–Crippen LogP) is -0.832. The van der Waals surface area contributed by atoms with Crippen LogP contribution in [0.15, 0.2) is 0 Å². The molecule has 1 aliphatic heterocycles. The summed E-state index contributed by atoms with van der Waals surface area (Å²) >= 11 is 0. The van der Waals surface area contributed by atoms with Crippen molar-refractivity contribution in [3.05, 3.63) is 0 Å². The van der Waals surface area contributed by atoms with Gasteiger partial charge in [0.25, 0.3) is 0 Å². The van der Waals surface area contributed by atoms with Crippen molar-refractivity contribution in [1.82, 2.24) is 15.1 Å². The summed E-state index contributed by atoms with van der Waals surface area (Å²) < 4.78 is 0. The monoisotopic (exact) mass is 259 g/mol. The molecule has 1 rings (SSSR count). The fraction of sp³-hybridized carbons (Fsp3) is 0.818. The minimum absolute atomic E-state index is 0.301. The highest BCUT2D eigenvalue weighted by Crippen LogP contribution is 2.13. The summed E-state index contributed by atoms with van der Waals surface area (Å²) in [6.45, 7) is 2.12. The van der Waals surface area contributed by atoms with Crippen molar-refractivity contribution < 1.29 is 19.8 Å². The van der Waals surface area contributed by atoms with Gasteiger partial charge >= 0.3 is 12.0 Å². The molecule has 0 aromatic rings. The van der Waals surface area contributed by atoms with Crippen LogP contribution in [0.25, 0.3) is 0 Å². The van der Waals surface area contributed by atoms with Gasteiger partial charge in [0.1, 0.15) is 0 Å². The van der Waals surface area contributed by atoms with E-state index in [9.17, 15) is 14.7 Å². The van der Waals surface area contributed by atoms with Crippen LogP contribution in [-0.4, -0.2) is 77.4 Å². The second kappa shape index (κ2) is 5.53. The van der Waals surface area contributed by atoms with Gasteiger partial charge < -0.3 is 25.3 Å². The molecule has 3 N–H and O–H groups in total. The Morgan fingerprint density at radius 1 is 1.50 bits per heavy atom. The van der Waals surface area contributed by atoms with Crippen LogP contribution in [0.2, 0.25) is 0 Å². The maximum atomic E-state index is 11.8. The number of aliphatic carboxylic acids is 1. The molecule has 0 aliphatic carbocycles. The van der Waals surface area contributed by atoms with Gasteiger partial charge in [-0.1, -0.05) is 0 Å². The summed E-state index contributed by atoms with van der Waals surface area (Å²) in [5, 5.41) is 20.6. The van der Waals surface area contributed by atoms with Crippen LogP contribution >= 0.6 is 0 Å². The van der Waals surface area contributed by atoms with E-state index < -0.39 is 11.6 Å². The van der Waals surface area contributed by atoms with Crippen molar-refractivity contribution in [3.8, 4) is 0 Å². The molecule has 0 saturated carbocycles. The number of aliphatic hydroxyl groups is 1. The van der Waals surface area contributed by atoms with Crippen molar-refractivity contribution in [2.75, 3.05) is 33.7 Å². The summed E-state index contributed by atoms with van der Waals surface area (Å²) in [5.41, 5.74) is -1.93. The number of amides is 2. The number of urea groups is 1. The van der Waals surface area contributed by atoms with E-state index in [2.05, 4.69) is 10.2 Å². The van der Waals surface area contributed by atoms with Gasteiger partial charge in [0.15, 0.2) is 5.60 Å². The average molecular weight is 259 g/mol. The highest BCUT2D eigenvalue weighted by molar-refractivity contribution is 5.79. The number of nitrogens with zero attached hydrogens (tertiary/aromatic N) is 2. The number of likely N-dealkylation sites (N-methyl/N-ethyl adjacent to an activating group) is 1. The van der Waals surface area contributed by atoms with Crippen molar-refractivity contribution in [2.45, 2.75) is 25.0 Å². The van der Waals surface area contributed by atoms with Gasteiger partial charge in [0.2, 0.25) is 0 Å². The molecule has 2 amide bonds. The zero-order valence-corrected chi connectivity index (χ0v) is 11.0. The standard InChI is InChI=1S/C11H21N3O4/c1-11(18,9(15)16)7-12-10(17)14-5-4-8(6-14)13(2)3/h8,18H,4-7H2,1-3H3,(H,12,17)(H,15,16). The molecule has 18 heavy (non-hydrogen) atoms. The van der Waals surface area contributed by atoms with Crippen molar-refractivity contribution in [2.24, 2.45) is 0 Å². The van der Waals surface area contributed by atoms with E-state index in [1.807, 2.05) is 14.1 Å². The molecule has 104 valence electrons. The Kier molecular flexibility index (Phi) is 4.53. The van der Waals surface area contributed by atoms with Crippen LogP contribution < -0.4 is 5.32 Å². The lowest BCUT2D eigenvalue weighted by Crippen LogP contribution is -2.50. The first-order valence-corrected chi connectivity index (χ1v) is 5.89. The third-order valence-corrected chi connectivity index (χ3v) is 3.23. The molecule has 1 aliphatic rings. The van der Waals surface area contributed by atoms with Gasteiger partial charge in [0.05, 0.1) is 6.54 Å². The molecule has 1 heterocycles. The number of carbonyl (C=O) groups is 2. The maximum Gasteiger partial charge on any atom is 0.337 e. The minimum atomic E-state index is -1.93. The zero-order valence-electron chi connectivity index (χ0n) is 11.0. The normalized spacial score (nSPS) is 22.9. The van der Waals surface area contributed by atoms with Gasteiger partial charge in [-0.2, -0.15) is 0 Å². The molecule has 7 nitrogen and oxygen atoms in total. The Morgan fingerprint density at radius 2 is 2.11 bits per heavy atom. The topological polar surface area (TPSA) is 93.1 Å². The van der Waals surface area contributed by atoms with Crippen LogP contribution in [0, 0.1) is 0 Å². The van der Waals surface area contributed by atoms with E-state index in [0.29, 0.717) is 19.1 Å². The molecular weight excluding hydrogens is 238 g/mol. The molecule has 0 bridgehead atoms. The number of likely N-dealkylation sites (tertiary alicyclic amines) is 1. The first-order chi connectivity index (χ1) is 8.24. The van der Waals surface area contributed by atoms with E-state index >= 15 is 0 Å². The van der Waals surface area contributed by atoms with Crippen molar-refractivity contribution >= 4 is 12.0 Å². The Morgan fingerprint density at radius 3 is 2.56 bits per heavy atom. The number of carbonyl (C=O) groups excluding carboxylic acids is 1. The lowest BCUT2D eigenvalue weighted by Gasteiger charge is -2.23.